The molecule has 0 saturated carbocycles. The van der Waals surface area contributed by atoms with E-state index in [1.165, 1.54) is 0 Å². The van der Waals surface area contributed by atoms with Crippen LogP contribution in [0, 0.1) is 6.92 Å². The lowest BCUT2D eigenvalue weighted by atomic mass is 10.3. The second kappa shape index (κ2) is 5.34. The summed E-state index contributed by atoms with van der Waals surface area (Å²) in [5.74, 6) is 0.765. The first-order chi connectivity index (χ1) is 8.29. The minimum Gasteiger partial charge on any atom is -0.493 e. The number of rotatable bonds is 5. The van der Waals surface area contributed by atoms with Crippen molar-refractivity contribution in [2.24, 2.45) is 0 Å². The number of aryl methyl sites for hydroxylation is 1. The summed E-state index contributed by atoms with van der Waals surface area (Å²) in [7, 11) is 1.65. The summed E-state index contributed by atoms with van der Waals surface area (Å²) >= 11 is 0. The van der Waals surface area contributed by atoms with Crippen molar-refractivity contribution in [3.05, 3.63) is 36.7 Å². The van der Waals surface area contributed by atoms with Gasteiger partial charge in [-0.2, -0.15) is 0 Å². The maximum atomic E-state index is 5.24. The van der Waals surface area contributed by atoms with Gasteiger partial charge in [0.2, 0.25) is 0 Å². The van der Waals surface area contributed by atoms with Gasteiger partial charge >= 0.3 is 0 Å². The zero-order valence-corrected chi connectivity index (χ0v) is 10.1. The predicted octanol–water partition coefficient (Wildman–Crippen LogP) is 1.71. The van der Waals surface area contributed by atoms with Crippen LogP contribution in [0.4, 0.5) is 5.69 Å². The van der Waals surface area contributed by atoms with Crippen molar-refractivity contribution in [2.75, 3.05) is 19.0 Å². The standard InChI is InChI=1S/C12H16N4O/c1-10-7-11(12(17-2)8-15-10)14-4-6-16-5-3-13-9-16/h3,5,7-9H,4,6H2,1-2H3,(H,14,15). The van der Waals surface area contributed by atoms with Crippen molar-refractivity contribution in [1.82, 2.24) is 14.5 Å². The van der Waals surface area contributed by atoms with E-state index in [-0.39, 0.29) is 0 Å². The SMILES string of the molecule is COc1cnc(C)cc1NCCn1ccnc1. The van der Waals surface area contributed by atoms with Gasteiger partial charge in [0, 0.05) is 31.2 Å². The van der Waals surface area contributed by atoms with Gasteiger partial charge in [-0.25, -0.2) is 4.98 Å². The largest absolute Gasteiger partial charge is 0.493 e. The number of hydrogen-bond acceptors (Lipinski definition) is 4. The molecule has 0 aromatic carbocycles. The molecule has 0 atom stereocenters. The average Bonchev–Trinajstić information content (AvgIpc) is 2.82. The molecule has 1 N–H and O–H groups in total. The number of imidazole rings is 1. The summed E-state index contributed by atoms with van der Waals surface area (Å²) < 4.78 is 7.27. The Morgan fingerprint density at radius 1 is 1.47 bits per heavy atom. The first kappa shape index (κ1) is 11.4. The second-order valence-electron chi connectivity index (χ2n) is 3.75. The number of hydrogen-bond donors (Lipinski definition) is 1. The third kappa shape index (κ3) is 2.96. The first-order valence-electron chi connectivity index (χ1n) is 5.50. The Morgan fingerprint density at radius 2 is 2.35 bits per heavy atom. The topological polar surface area (TPSA) is 52.0 Å². The zero-order chi connectivity index (χ0) is 12.1. The molecule has 0 unspecified atom stereocenters. The summed E-state index contributed by atoms with van der Waals surface area (Å²) in [4.78, 5) is 8.18. The maximum absolute atomic E-state index is 5.24. The molecule has 0 bridgehead atoms. The predicted molar refractivity (Wildman–Crippen MR) is 66.2 cm³/mol. The summed E-state index contributed by atoms with van der Waals surface area (Å²) in [5, 5.41) is 3.33. The van der Waals surface area contributed by atoms with E-state index in [0.29, 0.717) is 0 Å². The van der Waals surface area contributed by atoms with Gasteiger partial charge in [0.05, 0.1) is 25.3 Å². The van der Waals surface area contributed by atoms with Crippen LogP contribution >= 0.6 is 0 Å². The van der Waals surface area contributed by atoms with Gasteiger partial charge < -0.3 is 14.6 Å². The molecule has 0 spiro atoms. The molecule has 0 fully saturated rings. The van der Waals surface area contributed by atoms with E-state index in [1.54, 1.807) is 25.8 Å². The highest BCUT2D eigenvalue weighted by atomic mass is 16.5. The van der Waals surface area contributed by atoms with Crippen LogP contribution in [0.3, 0.4) is 0 Å². The van der Waals surface area contributed by atoms with Crippen LogP contribution in [0.15, 0.2) is 31.0 Å². The molecule has 0 saturated heterocycles. The molecule has 0 aliphatic rings. The van der Waals surface area contributed by atoms with E-state index in [4.69, 9.17) is 4.74 Å². The maximum Gasteiger partial charge on any atom is 0.160 e. The molecule has 2 heterocycles. The number of nitrogens with zero attached hydrogens (tertiary/aromatic N) is 3. The number of aromatic nitrogens is 3. The second-order valence-corrected chi connectivity index (χ2v) is 3.75. The number of pyridine rings is 1. The molecule has 2 aromatic rings. The normalized spacial score (nSPS) is 10.2. The lowest BCUT2D eigenvalue weighted by Gasteiger charge is -2.11. The van der Waals surface area contributed by atoms with Gasteiger partial charge in [0.25, 0.3) is 0 Å². The van der Waals surface area contributed by atoms with Crippen molar-refractivity contribution >= 4 is 5.69 Å². The van der Waals surface area contributed by atoms with Crippen LogP contribution in [-0.4, -0.2) is 28.2 Å². The van der Waals surface area contributed by atoms with E-state index >= 15 is 0 Å². The Kier molecular flexibility index (Phi) is 3.59. The number of nitrogens with one attached hydrogen (secondary N) is 1. The van der Waals surface area contributed by atoms with E-state index in [0.717, 1.165) is 30.2 Å². The Hall–Kier alpha value is -2.04. The van der Waals surface area contributed by atoms with E-state index < -0.39 is 0 Å². The monoisotopic (exact) mass is 232 g/mol. The van der Waals surface area contributed by atoms with Crippen molar-refractivity contribution in [1.29, 1.82) is 0 Å². The fraction of sp³-hybridized carbons (Fsp3) is 0.333. The summed E-state index contributed by atoms with van der Waals surface area (Å²) in [6, 6.07) is 1.98. The molecule has 0 amide bonds. The van der Waals surface area contributed by atoms with Crippen LogP contribution in [0.25, 0.3) is 0 Å². The molecule has 90 valence electrons. The Bertz CT molecular complexity index is 467. The Morgan fingerprint density at radius 3 is 3.06 bits per heavy atom. The third-order valence-corrected chi connectivity index (χ3v) is 2.47. The van der Waals surface area contributed by atoms with Crippen LogP contribution in [0.2, 0.25) is 0 Å². The van der Waals surface area contributed by atoms with Crippen LogP contribution in [0.5, 0.6) is 5.75 Å². The van der Waals surface area contributed by atoms with Crippen LogP contribution in [-0.2, 0) is 6.54 Å². The zero-order valence-electron chi connectivity index (χ0n) is 10.1. The smallest absolute Gasteiger partial charge is 0.160 e. The summed E-state index contributed by atoms with van der Waals surface area (Å²) in [6.45, 7) is 3.64. The third-order valence-electron chi connectivity index (χ3n) is 2.47. The molecular weight excluding hydrogens is 216 g/mol. The van der Waals surface area contributed by atoms with E-state index in [1.807, 2.05) is 23.8 Å². The highest BCUT2D eigenvalue weighted by molar-refractivity contribution is 5.55. The highest BCUT2D eigenvalue weighted by Gasteiger charge is 2.02. The molecule has 0 aliphatic carbocycles. The first-order valence-corrected chi connectivity index (χ1v) is 5.50. The lowest BCUT2D eigenvalue weighted by Crippen LogP contribution is -2.10. The van der Waals surface area contributed by atoms with E-state index in [2.05, 4.69) is 15.3 Å². The van der Waals surface area contributed by atoms with Gasteiger partial charge in [-0.3, -0.25) is 4.98 Å². The molecule has 17 heavy (non-hydrogen) atoms. The van der Waals surface area contributed by atoms with Gasteiger partial charge in [0.1, 0.15) is 0 Å². The fourth-order valence-electron chi connectivity index (χ4n) is 1.59. The fourth-order valence-corrected chi connectivity index (χ4v) is 1.59. The number of methoxy groups -OCH3 is 1. The summed E-state index contributed by atoms with van der Waals surface area (Å²) in [6.07, 6.45) is 7.25. The van der Waals surface area contributed by atoms with Crippen molar-refractivity contribution < 1.29 is 4.74 Å². The molecule has 0 aliphatic heterocycles. The van der Waals surface area contributed by atoms with Gasteiger partial charge in [-0.1, -0.05) is 0 Å². The molecule has 0 radical (unpaired) electrons. The van der Waals surface area contributed by atoms with Gasteiger partial charge in [-0.05, 0) is 13.0 Å². The minimum absolute atomic E-state index is 0.765. The molecule has 5 heteroatoms. The Balaban J connectivity index is 1.96. The van der Waals surface area contributed by atoms with Crippen LogP contribution in [0.1, 0.15) is 5.69 Å². The quantitative estimate of drug-likeness (QED) is 0.852. The Labute approximate surface area is 100 Å². The molecular formula is C12H16N4O. The van der Waals surface area contributed by atoms with E-state index in [9.17, 15) is 0 Å². The number of anilines is 1. The molecule has 2 aromatic heterocycles. The molecule has 5 nitrogen and oxygen atoms in total. The minimum atomic E-state index is 0.765. The number of ether oxygens (including phenoxy) is 1. The van der Waals surface area contributed by atoms with Crippen LogP contribution < -0.4 is 10.1 Å². The average molecular weight is 232 g/mol. The highest BCUT2D eigenvalue weighted by Crippen LogP contribution is 2.22. The molecule has 2 rings (SSSR count). The van der Waals surface area contributed by atoms with Gasteiger partial charge in [-0.15, -0.1) is 0 Å². The summed E-state index contributed by atoms with van der Waals surface area (Å²) in [5.41, 5.74) is 1.94. The van der Waals surface area contributed by atoms with Crippen molar-refractivity contribution in [3.63, 3.8) is 0 Å². The van der Waals surface area contributed by atoms with Crippen molar-refractivity contribution in [2.45, 2.75) is 13.5 Å². The van der Waals surface area contributed by atoms with Gasteiger partial charge in [0.15, 0.2) is 5.75 Å². The van der Waals surface area contributed by atoms with Crippen molar-refractivity contribution in [3.8, 4) is 5.75 Å². The lowest BCUT2D eigenvalue weighted by molar-refractivity contribution is 0.414.